The number of unbranched alkanes of at least 4 members (excludes halogenated alkanes) is 2. The van der Waals surface area contributed by atoms with Gasteiger partial charge in [-0.05, 0) is 113 Å². The maximum absolute atomic E-state index is 12.4. The number of ether oxygens (including phenoxy) is 4. The standard InChI is InChI=1S/C34H44O6/c1-7-38-30-21-16-27(17-22-30)34(36,26-14-19-29(37-6)20-15-26)28-18-23-31(39-8-2)25(24-28)12-10-9-11-13-32(35)40-33(3,4)5/h14-24,36H,7-13H2,1-6H3. The molecule has 216 valence electrons. The quantitative estimate of drug-likeness (QED) is 0.130. The summed E-state index contributed by atoms with van der Waals surface area (Å²) in [6.45, 7) is 10.7. The first-order chi connectivity index (χ1) is 19.1. The monoisotopic (exact) mass is 548 g/mol. The molecule has 0 spiro atoms. The highest BCUT2D eigenvalue weighted by Crippen LogP contribution is 2.40. The number of benzene rings is 3. The molecule has 0 aromatic heterocycles. The Kier molecular flexibility index (Phi) is 11.0. The summed E-state index contributed by atoms with van der Waals surface area (Å²) in [6.07, 6.45) is 3.71. The minimum absolute atomic E-state index is 0.163. The predicted octanol–water partition coefficient (Wildman–Crippen LogP) is 7.22. The zero-order chi connectivity index (χ0) is 29.2. The Morgan fingerprint density at radius 1 is 0.750 bits per heavy atom. The van der Waals surface area contributed by atoms with Gasteiger partial charge in [-0.25, -0.2) is 0 Å². The molecule has 6 heteroatoms. The molecule has 40 heavy (non-hydrogen) atoms. The molecule has 1 N–H and O–H groups in total. The Labute approximate surface area is 239 Å². The van der Waals surface area contributed by atoms with Crippen LogP contribution in [0.3, 0.4) is 0 Å². The van der Waals surface area contributed by atoms with E-state index < -0.39 is 11.2 Å². The third-order valence-electron chi connectivity index (χ3n) is 6.62. The van der Waals surface area contributed by atoms with Crippen molar-refractivity contribution in [3.8, 4) is 17.2 Å². The van der Waals surface area contributed by atoms with Gasteiger partial charge in [0.1, 0.15) is 28.5 Å². The Morgan fingerprint density at radius 2 is 1.32 bits per heavy atom. The van der Waals surface area contributed by atoms with Gasteiger partial charge in [0.15, 0.2) is 0 Å². The van der Waals surface area contributed by atoms with Crippen LogP contribution in [0.5, 0.6) is 17.2 Å². The number of methoxy groups -OCH3 is 1. The molecule has 0 amide bonds. The summed E-state index contributed by atoms with van der Waals surface area (Å²) in [4.78, 5) is 12.1. The topological polar surface area (TPSA) is 74.2 Å². The van der Waals surface area contributed by atoms with E-state index in [0.717, 1.165) is 65.2 Å². The summed E-state index contributed by atoms with van der Waals surface area (Å²) in [5.74, 6) is 2.12. The van der Waals surface area contributed by atoms with E-state index >= 15 is 0 Å². The number of hydrogen-bond donors (Lipinski definition) is 1. The maximum atomic E-state index is 12.4. The molecule has 0 saturated heterocycles. The van der Waals surface area contributed by atoms with Crippen LogP contribution in [0.1, 0.15) is 82.6 Å². The van der Waals surface area contributed by atoms with Crippen LogP contribution in [0, 0.1) is 0 Å². The fourth-order valence-electron chi connectivity index (χ4n) is 4.74. The first kappa shape index (κ1) is 31.0. The van der Waals surface area contributed by atoms with Gasteiger partial charge in [0, 0.05) is 6.42 Å². The lowest BCUT2D eigenvalue weighted by atomic mass is 9.79. The minimum atomic E-state index is -1.41. The van der Waals surface area contributed by atoms with Gasteiger partial charge in [0.25, 0.3) is 0 Å². The number of rotatable bonds is 14. The van der Waals surface area contributed by atoms with Crippen LogP contribution in [-0.2, 0) is 21.6 Å². The third kappa shape index (κ3) is 8.25. The molecule has 0 heterocycles. The van der Waals surface area contributed by atoms with Crippen LogP contribution in [0.15, 0.2) is 66.7 Å². The third-order valence-corrected chi connectivity index (χ3v) is 6.62. The molecule has 0 radical (unpaired) electrons. The normalized spacial score (nSPS) is 12.9. The van der Waals surface area contributed by atoms with Crippen molar-refractivity contribution >= 4 is 5.97 Å². The molecule has 3 aromatic rings. The van der Waals surface area contributed by atoms with Crippen molar-refractivity contribution in [1.29, 1.82) is 0 Å². The molecule has 1 atom stereocenters. The lowest BCUT2D eigenvalue weighted by Gasteiger charge is -2.31. The Hall–Kier alpha value is -3.51. The van der Waals surface area contributed by atoms with E-state index in [1.807, 2.05) is 101 Å². The molecule has 0 aliphatic rings. The summed E-state index contributed by atoms with van der Waals surface area (Å²) >= 11 is 0. The summed E-state index contributed by atoms with van der Waals surface area (Å²) in [7, 11) is 1.62. The summed E-state index contributed by atoms with van der Waals surface area (Å²) in [6, 6.07) is 21.0. The van der Waals surface area contributed by atoms with Crippen molar-refractivity contribution in [1.82, 2.24) is 0 Å². The number of aliphatic hydroxyl groups is 1. The van der Waals surface area contributed by atoms with E-state index in [2.05, 4.69) is 0 Å². The molecule has 6 nitrogen and oxygen atoms in total. The second-order valence-corrected chi connectivity index (χ2v) is 10.8. The van der Waals surface area contributed by atoms with E-state index in [4.69, 9.17) is 18.9 Å². The van der Waals surface area contributed by atoms with Gasteiger partial charge in [-0.3, -0.25) is 4.79 Å². The Morgan fingerprint density at radius 3 is 1.88 bits per heavy atom. The summed E-state index contributed by atoms with van der Waals surface area (Å²) in [5, 5.41) is 12.4. The Balaban J connectivity index is 1.90. The molecule has 1 unspecified atom stereocenters. The van der Waals surface area contributed by atoms with Gasteiger partial charge >= 0.3 is 5.97 Å². The zero-order valence-corrected chi connectivity index (χ0v) is 24.8. The highest BCUT2D eigenvalue weighted by Gasteiger charge is 2.34. The Bertz CT molecular complexity index is 1210. The van der Waals surface area contributed by atoms with Crippen molar-refractivity contribution in [3.63, 3.8) is 0 Å². The number of esters is 1. The molecular formula is C34H44O6. The van der Waals surface area contributed by atoms with Crippen LogP contribution in [0.25, 0.3) is 0 Å². The SMILES string of the molecule is CCOc1ccc(C(O)(c2ccc(OC)cc2)c2ccc(OCC)c(CCCCCC(=O)OC(C)(C)C)c2)cc1. The van der Waals surface area contributed by atoms with Crippen LogP contribution in [0.4, 0.5) is 0 Å². The van der Waals surface area contributed by atoms with Crippen molar-refractivity contribution < 1.29 is 28.8 Å². The van der Waals surface area contributed by atoms with E-state index in [0.29, 0.717) is 19.6 Å². The smallest absolute Gasteiger partial charge is 0.306 e. The molecule has 0 aliphatic heterocycles. The maximum Gasteiger partial charge on any atom is 0.306 e. The predicted molar refractivity (Wildman–Crippen MR) is 158 cm³/mol. The lowest BCUT2D eigenvalue weighted by Crippen LogP contribution is -2.29. The first-order valence-corrected chi connectivity index (χ1v) is 14.2. The number of carbonyl (C=O) groups is 1. The molecule has 3 rings (SSSR count). The van der Waals surface area contributed by atoms with E-state index in [1.54, 1.807) is 7.11 Å². The average Bonchev–Trinajstić information content (AvgIpc) is 2.93. The van der Waals surface area contributed by atoms with Gasteiger partial charge in [-0.2, -0.15) is 0 Å². The summed E-state index contributed by atoms with van der Waals surface area (Å²) in [5.41, 5.74) is 1.35. The average molecular weight is 549 g/mol. The molecule has 0 aliphatic carbocycles. The number of carbonyl (C=O) groups excluding carboxylic acids is 1. The van der Waals surface area contributed by atoms with Gasteiger partial charge in [-0.15, -0.1) is 0 Å². The lowest BCUT2D eigenvalue weighted by molar-refractivity contribution is -0.154. The largest absolute Gasteiger partial charge is 0.497 e. The van der Waals surface area contributed by atoms with Crippen molar-refractivity contribution in [2.45, 2.75) is 77.9 Å². The highest BCUT2D eigenvalue weighted by molar-refractivity contribution is 5.69. The fraction of sp³-hybridized carbons (Fsp3) is 0.441. The molecular weight excluding hydrogens is 504 g/mol. The van der Waals surface area contributed by atoms with Crippen molar-refractivity contribution in [2.75, 3.05) is 20.3 Å². The van der Waals surface area contributed by atoms with E-state index in [-0.39, 0.29) is 5.97 Å². The van der Waals surface area contributed by atoms with Crippen LogP contribution in [0.2, 0.25) is 0 Å². The summed E-state index contributed by atoms with van der Waals surface area (Å²) < 4.78 is 22.4. The number of aryl methyl sites for hydroxylation is 1. The molecule has 0 fully saturated rings. The second kappa shape index (κ2) is 14.2. The molecule has 0 bridgehead atoms. The van der Waals surface area contributed by atoms with Gasteiger partial charge in [0.05, 0.1) is 20.3 Å². The van der Waals surface area contributed by atoms with Crippen LogP contribution in [-0.4, -0.2) is 37.0 Å². The van der Waals surface area contributed by atoms with Crippen LogP contribution >= 0.6 is 0 Å². The second-order valence-electron chi connectivity index (χ2n) is 10.8. The fourth-order valence-corrected chi connectivity index (χ4v) is 4.74. The minimum Gasteiger partial charge on any atom is -0.497 e. The zero-order valence-electron chi connectivity index (χ0n) is 24.8. The molecule has 3 aromatic carbocycles. The van der Waals surface area contributed by atoms with Gasteiger partial charge < -0.3 is 24.1 Å². The van der Waals surface area contributed by atoms with Crippen molar-refractivity contribution in [2.24, 2.45) is 0 Å². The van der Waals surface area contributed by atoms with E-state index in [1.165, 1.54) is 0 Å². The highest BCUT2D eigenvalue weighted by atomic mass is 16.6. The van der Waals surface area contributed by atoms with Gasteiger partial charge in [0.2, 0.25) is 0 Å². The first-order valence-electron chi connectivity index (χ1n) is 14.2. The van der Waals surface area contributed by atoms with E-state index in [9.17, 15) is 9.90 Å². The number of hydrogen-bond acceptors (Lipinski definition) is 6. The van der Waals surface area contributed by atoms with Crippen LogP contribution < -0.4 is 14.2 Å². The van der Waals surface area contributed by atoms with Crippen molar-refractivity contribution in [3.05, 3.63) is 89.0 Å². The molecule has 0 saturated carbocycles. The van der Waals surface area contributed by atoms with Gasteiger partial charge in [-0.1, -0.05) is 36.8 Å².